The first-order valence-electron chi connectivity index (χ1n) is 5.91. The summed E-state index contributed by atoms with van der Waals surface area (Å²) in [4.78, 5) is 11.2. The highest BCUT2D eigenvalue weighted by molar-refractivity contribution is 5.90. The summed E-state index contributed by atoms with van der Waals surface area (Å²) in [5.41, 5.74) is 3.99. The lowest BCUT2D eigenvalue weighted by Crippen LogP contribution is -2.26. The lowest BCUT2D eigenvalue weighted by Gasteiger charge is -2.31. The van der Waals surface area contributed by atoms with E-state index in [0.717, 1.165) is 16.8 Å². The Hall–Kier alpha value is -2.10. The van der Waals surface area contributed by atoms with Crippen LogP contribution in [0.1, 0.15) is 35.5 Å². The van der Waals surface area contributed by atoms with Gasteiger partial charge in [0, 0.05) is 11.1 Å². The Labute approximate surface area is 105 Å². The molecule has 0 radical (unpaired) electrons. The highest BCUT2D eigenvalue weighted by atomic mass is 16.4. The minimum atomic E-state index is -0.945. The zero-order valence-corrected chi connectivity index (χ0v) is 10.3. The number of benzene rings is 1. The summed E-state index contributed by atoms with van der Waals surface area (Å²) in [5.74, 6) is -0.945. The van der Waals surface area contributed by atoms with E-state index in [9.17, 15) is 9.90 Å². The predicted molar refractivity (Wildman–Crippen MR) is 67.7 cm³/mol. The van der Waals surface area contributed by atoms with Crippen LogP contribution in [-0.2, 0) is 11.8 Å². The van der Waals surface area contributed by atoms with E-state index in [-0.39, 0.29) is 11.1 Å². The molecule has 1 aliphatic rings. The quantitative estimate of drug-likeness (QED) is 0.807. The summed E-state index contributed by atoms with van der Waals surface area (Å²) in [5, 5.41) is 16.0. The Kier molecular flexibility index (Phi) is 2.11. The largest absolute Gasteiger partial charge is 0.477 e. The van der Waals surface area contributed by atoms with Gasteiger partial charge in [0.25, 0.3) is 0 Å². The van der Waals surface area contributed by atoms with E-state index < -0.39 is 5.97 Å². The van der Waals surface area contributed by atoms with Crippen LogP contribution < -0.4 is 0 Å². The van der Waals surface area contributed by atoms with Crippen LogP contribution in [0.25, 0.3) is 11.3 Å². The number of hydrogen-bond acceptors (Lipinski definition) is 2. The van der Waals surface area contributed by atoms with Gasteiger partial charge >= 0.3 is 5.97 Å². The summed E-state index contributed by atoms with van der Waals surface area (Å²) < 4.78 is 0. The first-order chi connectivity index (χ1) is 8.50. The highest BCUT2D eigenvalue weighted by Gasteiger charge is 2.35. The topological polar surface area (TPSA) is 66.0 Å². The third kappa shape index (κ3) is 1.38. The van der Waals surface area contributed by atoms with E-state index in [2.05, 4.69) is 30.1 Å². The Morgan fingerprint density at radius 3 is 2.83 bits per heavy atom. The molecule has 92 valence electrons. The van der Waals surface area contributed by atoms with Crippen LogP contribution in [0, 0.1) is 0 Å². The van der Waals surface area contributed by atoms with Crippen molar-refractivity contribution < 1.29 is 9.90 Å². The number of H-pyrrole nitrogens is 1. The molecule has 18 heavy (non-hydrogen) atoms. The van der Waals surface area contributed by atoms with E-state index in [1.165, 1.54) is 5.56 Å². The van der Waals surface area contributed by atoms with Gasteiger partial charge in [-0.15, -0.1) is 0 Å². The van der Waals surface area contributed by atoms with Crippen molar-refractivity contribution in [1.82, 2.24) is 10.2 Å². The number of carboxylic acids is 1. The fourth-order valence-electron chi connectivity index (χ4n) is 2.75. The van der Waals surface area contributed by atoms with Gasteiger partial charge in [0.15, 0.2) is 0 Å². The molecule has 4 heteroatoms. The maximum Gasteiger partial charge on any atom is 0.354 e. The number of nitrogens with one attached hydrogen (secondary N) is 1. The maximum atomic E-state index is 11.2. The van der Waals surface area contributed by atoms with Gasteiger partial charge in [-0.05, 0) is 17.4 Å². The van der Waals surface area contributed by atoms with Crippen LogP contribution in [-0.4, -0.2) is 21.3 Å². The van der Waals surface area contributed by atoms with Crippen molar-refractivity contribution in [2.45, 2.75) is 25.7 Å². The molecule has 0 spiro atoms. The molecule has 0 saturated heterocycles. The van der Waals surface area contributed by atoms with Crippen molar-refractivity contribution in [2.75, 3.05) is 0 Å². The van der Waals surface area contributed by atoms with Crippen LogP contribution in [0.3, 0.4) is 0 Å². The molecule has 0 amide bonds. The van der Waals surface area contributed by atoms with Gasteiger partial charge in [-0.25, -0.2) is 4.79 Å². The molecule has 1 aliphatic carbocycles. The second-order valence-electron chi connectivity index (χ2n) is 5.34. The first kappa shape index (κ1) is 11.0. The van der Waals surface area contributed by atoms with Gasteiger partial charge in [0.1, 0.15) is 5.69 Å². The molecule has 2 N–H and O–H groups in total. The Morgan fingerprint density at radius 2 is 2.11 bits per heavy atom. The molecule has 0 atom stereocenters. The fourth-order valence-corrected chi connectivity index (χ4v) is 2.75. The smallest absolute Gasteiger partial charge is 0.354 e. The third-order valence-corrected chi connectivity index (χ3v) is 3.61. The predicted octanol–water partition coefficient (Wildman–Crippen LogP) is 2.61. The Balaban J connectivity index is 2.30. The SMILES string of the molecule is CC1(C)Cc2c(n[nH]c2C(=O)O)-c2ccccc21. The van der Waals surface area contributed by atoms with E-state index in [0.29, 0.717) is 6.42 Å². The number of aromatic nitrogens is 2. The molecule has 0 saturated carbocycles. The monoisotopic (exact) mass is 242 g/mol. The van der Waals surface area contributed by atoms with Crippen molar-refractivity contribution in [3.05, 3.63) is 41.1 Å². The molecular weight excluding hydrogens is 228 g/mol. The van der Waals surface area contributed by atoms with Crippen LogP contribution in [0.5, 0.6) is 0 Å². The molecule has 0 aliphatic heterocycles. The second-order valence-corrected chi connectivity index (χ2v) is 5.34. The molecule has 0 unspecified atom stereocenters. The lowest BCUT2D eigenvalue weighted by molar-refractivity contribution is 0.0689. The molecule has 1 aromatic carbocycles. The lowest BCUT2D eigenvalue weighted by atomic mass is 9.71. The number of fused-ring (bicyclic) bond motifs is 3. The van der Waals surface area contributed by atoms with Gasteiger partial charge in [-0.3, -0.25) is 5.10 Å². The number of carboxylic acid groups (broad SMARTS) is 1. The third-order valence-electron chi connectivity index (χ3n) is 3.61. The van der Waals surface area contributed by atoms with Crippen molar-refractivity contribution in [3.63, 3.8) is 0 Å². The zero-order valence-electron chi connectivity index (χ0n) is 10.3. The number of rotatable bonds is 1. The van der Waals surface area contributed by atoms with Crippen LogP contribution in [0.2, 0.25) is 0 Å². The number of hydrogen-bond donors (Lipinski definition) is 2. The van der Waals surface area contributed by atoms with Crippen molar-refractivity contribution >= 4 is 5.97 Å². The molecule has 4 nitrogen and oxygen atoms in total. The van der Waals surface area contributed by atoms with E-state index >= 15 is 0 Å². The summed E-state index contributed by atoms with van der Waals surface area (Å²) >= 11 is 0. The minimum absolute atomic E-state index is 0.0718. The van der Waals surface area contributed by atoms with E-state index in [4.69, 9.17) is 0 Å². The van der Waals surface area contributed by atoms with Gasteiger partial charge in [-0.1, -0.05) is 38.1 Å². The normalized spacial score (nSPS) is 15.9. The standard InChI is InChI=1S/C14H14N2O2/c1-14(2)7-9-11(15-16-12(9)13(17)18)8-5-3-4-6-10(8)14/h3-6H,7H2,1-2H3,(H,15,16)(H,17,18). The van der Waals surface area contributed by atoms with Crippen LogP contribution in [0.15, 0.2) is 24.3 Å². The molecule has 1 heterocycles. The van der Waals surface area contributed by atoms with Gasteiger partial charge < -0.3 is 5.11 Å². The average Bonchev–Trinajstić information content (AvgIpc) is 2.72. The van der Waals surface area contributed by atoms with E-state index in [1.807, 2.05) is 18.2 Å². The number of aromatic amines is 1. The molecule has 0 bridgehead atoms. The van der Waals surface area contributed by atoms with E-state index in [1.54, 1.807) is 0 Å². The van der Waals surface area contributed by atoms with Gasteiger partial charge in [0.05, 0.1) is 5.69 Å². The van der Waals surface area contributed by atoms with Crippen LogP contribution >= 0.6 is 0 Å². The fraction of sp³-hybridized carbons (Fsp3) is 0.286. The second kappa shape index (κ2) is 3.45. The summed E-state index contributed by atoms with van der Waals surface area (Å²) in [7, 11) is 0. The minimum Gasteiger partial charge on any atom is -0.477 e. The Bertz CT molecular complexity index is 641. The Morgan fingerprint density at radius 1 is 1.39 bits per heavy atom. The summed E-state index contributed by atoms with van der Waals surface area (Å²) in [6.07, 6.45) is 0.692. The molecule has 1 aromatic heterocycles. The number of carbonyl (C=O) groups is 1. The van der Waals surface area contributed by atoms with Crippen molar-refractivity contribution in [2.24, 2.45) is 0 Å². The average molecular weight is 242 g/mol. The first-order valence-corrected chi connectivity index (χ1v) is 5.91. The summed E-state index contributed by atoms with van der Waals surface area (Å²) in [6, 6.07) is 8.06. The number of aromatic carboxylic acids is 1. The highest BCUT2D eigenvalue weighted by Crippen LogP contribution is 2.42. The van der Waals surface area contributed by atoms with Crippen LogP contribution in [0.4, 0.5) is 0 Å². The molecule has 2 aromatic rings. The molecule has 3 rings (SSSR count). The van der Waals surface area contributed by atoms with Gasteiger partial charge in [-0.2, -0.15) is 5.10 Å². The maximum absolute atomic E-state index is 11.2. The van der Waals surface area contributed by atoms with Crippen molar-refractivity contribution in [3.8, 4) is 11.3 Å². The molecule has 0 fully saturated rings. The van der Waals surface area contributed by atoms with Gasteiger partial charge in [0.2, 0.25) is 0 Å². The number of nitrogens with zero attached hydrogens (tertiary/aromatic N) is 1. The van der Waals surface area contributed by atoms with Crippen molar-refractivity contribution in [1.29, 1.82) is 0 Å². The zero-order chi connectivity index (χ0) is 12.9. The summed E-state index contributed by atoms with van der Waals surface area (Å²) in [6.45, 7) is 4.26. The molecular formula is C14H14N2O2.